The Hall–Kier alpha value is -3.16. The average molecular weight is 359 g/mol. The summed E-state index contributed by atoms with van der Waals surface area (Å²) >= 11 is 0. The van der Waals surface area contributed by atoms with Crippen LogP contribution in [0.2, 0.25) is 0 Å². The van der Waals surface area contributed by atoms with Crippen LogP contribution in [-0.2, 0) is 9.53 Å². The van der Waals surface area contributed by atoms with Gasteiger partial charge in [-0.1, -0.05) is 12.1 Å². The minimum Gasteiger partial charge on any atom is -0.464 e. The van der Waals surface area contributed by atoms with Crippen LogP contribution in [0.25, 0.3) is 11.4 Å². The Bertz CT molecular complexity index is 925. The number of nitrogens with two attached hydrogens (primary N) is 1. The number of methoxy groups -OCH3 is 1. The number of esters is 1. The fourth-order valence-electron chi connectivity index (χ4n) is 2.04. The fraction of sp³-hybridized carbons (Fsp3) is 0.333. The molecule has 26 heavy (non-hydrogen) atoms. The van der Waals surface area contributed by atoms with E-state index in [4.69, 9.17) is 10.6 Å². The molecular formula is C18H21N3O5. The molecule has 2 rings (SSSR count). The third-order valence-corrected chi connectivity index (χ3v) is 3.58. The van der Waals surface area contributed by atoms with Gasteiger partial charge in [-0.25, -0.2) is 14.6 Å². The molecule has 0 fully saturated rings. The van der Waals surface area contributed by atoms with Crippen LogP contribution >= 0.6 is 0 Å². The van der Waals surface area contributed by atoms with Crippen molar-refractivity contribution in [3.8, 4) is 11.4 Å². The van der Waals surface area contributed by atoms with Crippen LogP contribution in [0.5, 0.6) is 0 Å². The van der Waals surface area contributed by atoms with Crippen molar-refractivity contribution in [2.45, 2.75) is 27.7 Å². The Morgan fingerprint density at radius 1 is 1.23 bits per heavy atom. The second-order valence-corrected chi connectivity index (χ2v) is 6.75. The summed E-state index contributed by atoms with van der Waals surface area (Å²) in [6.45, 7) is 6.38. The maximum absolute atomic E-state index is 12.8. The lowest BCUT2D eigenvalue weighted by Gasteiger charge is -2.19. The van der Waals surface area contributed by atoms with Gasteiger partial charge in [0.25, 0.3) is 5.56 Å². The minimum atomic E-state index is -0.846. The van der Waals surface area contributed by atoms with Crippen molar-refractivity contribution >= 4 is 17.6 Å². The second-order valence-electron chi connectivity index (χ2n) is 6.75. The number of carbonyl (C=O) groups is 2. The summed E-state index contributed by atoms with van der Waals surface area (Å²) in [6.07, 6.45) is 0. The first-order valence-corrected chi connectivity index (χ1v) is 7.87. The second kappa shape index (κ2) is 6.99. The SMILES string of the molecule is COC(=O)c1nc(-c2cccc(N)c2)n(OC(=O)C(C)(C)C)c(=O)c1C. The lowest BCUT2D eigenvalue weighted by Crippen LogP contribution is -2.40. The van der Waals surface area contributed by atoms with Gasteiger partial charge < -0.3 is 15.3 Å². The van der Waals surface area contributed by atoms with Crippen molar-refractivity contribution in [1.82, 2.24) is 9.71 Å². The molecule has 0 bridgehead atoms. The van der Waals surface area contributed by atoms with Gasteiger partial charge in [0.15, 0.2) is 11.5 Å². The van der Waals surface area contributed by atoms with Crippen molar-refractivity contribution in [2.75, 3.05) is 12.8 Å². The van der Waals surface area contributed by atoms with E-state index in [1.807, 2.05) is 0 Å². The molecule has 2 N–H and O–H groups in total. The largest absolute Gasteiger partial charge is 0.464 e. The van der Waals surface area contributed by atoms with Crippen LogP contribution in [-0.4, -0.2) is 28.8 Å². The van der Waals surface area contributed by atoms with E-state index in [2.05, 4.69) is 9.72 Å². The molecule has 1 heterocycles. The normalized spacial score (nSPS) is 11.1. The maximum Gasteiger partial charge on any atom is 0.357 e. The lowest BCUT2D eigenvalue weighted by molar-refractivity contribution is -0.153. The van der Waals surface area contributed by atoms with Crippen LogP contribution in [0.15, 0.2) is 29.1 Å². The van der Waals surface area contributed by atoms with Gasteiger partial charge in [0, 0.05) is 11.3 Å². The summed E-state index contributed by atoms with van der Waals surface area (Å²) in [6, 6.07) is 6.50. The lowest BCUT2D eigenvalue weighted by atomic mass is 9.98. The summed E-state index contributed by atoms with van der Waals surface area (Å²) in [7, 11) is 1.19. The number of ether oxygens (including phenoxy) is 1. The number of nitrogens with zero attached hydrogens (tertiary/aromatic N) is 2. The zero-order chi connectivity index (χ0) is 19.6. The number of nitrogen functional groups attached to an aromatic ring is 1. The Morgan fingerprint density at radius 2 is 1.88 bits per heavy atom. The van der Waals surface area contributed by atoms with Crippen molar-refractivity contribution in [2.24, 2.45) is 5.41 Å². The summed E-state index contributed by atoms with van der Waals surface area (Å²) < 4.78 is 5.46. The standard InChI is InChI=1S/C18H21N3O5/c1-10-13(16(23)25-5)20-14(11-7-6-8-12(19)9-11)21(15(10)22)26-17(24)18(2,3)4/h6-9H,19H2,1-5H3. The number of rotatable bonds is 3. The number of benzene rings is 1. The molecule has 0 amide bonds. The number of hydrogen-bond acceptors (Lipinski definition) is 7. The molecule has 1 aromatic carbocycles. The highest BCUT2D eigenvalue weighted by Crippen LogP contribution is 2.21. The summed E-state index contributed by atoms with van der Waals surface area (Å²) in [5, 5.41) is 0. The van der Waals surface area contributed by atoms with E-state index in [0.717, 1.165) is 4.73 Å². The Labute approximate surface area is 150 Å². The quantitative estimate of drug-likeness (QED) is 0.654. The smallest absolute Gasteiger partial charge is 0.357 e. The molecule has 8 nitrogen and oxygen atoms in total. The molecule has 138 valence electrons. The first-order chi connectivity index (χ1) is 12.1. The first kappa shape index (κ1) is 19.2. The fourth-order valence-corrected chi connectivity index (χ4v) is 2.04. The van der Waals surface area contributed by atoms with Crippen LogP contribution in [0.1, 0.15) is 36.8 Å². The Morgan fingerprint density at radius 3 is 2.42 bits per heavy atom. The molecule has 0 saturated heterocycles. The van der Waals surface area contributed by atoms with Gasteiger partial charge >= 0.3 is 11.9 Å². The molecule has 0 radical (unpaired) electrons. The van der Waals surface area contributed by atoms with Gasteiger partial charge in [-0.3, -0.25) is 4.79 Å². The summed E-state index contributed by atoms with van der Waals surface area (Å²) in [4.78, 5) is 46.5. The first-order valence-electron chi connectivity index (χ1n) is 7.87. The van der Waals surface area contributed by atoms with E-state index >= 15 is 0 Å². The predicted molar refractivity (Wildman–Crippen MR) is 95.5 cm³/mol. The van der Waals surface area contributed by atoms with Gasteiger partial charge in [0.2, 0.25) is 0 Å². The molecule has 0 aliphatic rings. The Balaban J connectivity index is 2.76. The van der Waals surface area contributed by atoms with Crippen LogP contribution < -0.4 is 16.1 Å². The van der Waals surface area contributed by atoms with Crippen molar-refractivity contribution in [3.63, 3.8) is 0 Å². The third kappa shape index (κ3) is 3.74. The molecule has 0 aliphatic carbocycles. The molecule has 0 saturated carbocycles. The highest BCUT2D eigenvalue weighted by atomic mass is 16.7. The number of anilines is 1. The molecule has 0 unspecified atom stereocenters. The van der Waals surface area contributed by atoms with E-state index in [1.54, 1.807) is 45.0 Å². The molecule has 0 spiro atoms. The third-order valence-electron chi connectivity index (χ3n) is 3.58. The van der Waals surface area contributed by atoms with Gasteiger partial charge in [-0.05, 0) is 39.8 Å². The Kier molecular flexibility index (Phi) is 5.15. The molecular weight excluding hydrogens is 338 g/mol. The number of aromatic nitrogens is 2. The summed E-state index contributed by atoms with van der Waals surface area (Å²) in [5.74, 6) is -1.42. The molecule has 0 atom stereocenters. The van der Waals surface area contributed by atoms with Gasteiger partial charge in [-0.15, -0.1) is 4.73 Å². The highest BCUT2D eigenvalue weighted by molar-refractivity contribution is 5.89. The van der Waals surface area contributed by atoms with Gasteiger partial charge in [0.1, 0.15) is 0 Å². The summed E-state index contributed by atoms with van der Waals surface area (Å²) in [5.41, 5.74) is 4.95. The minimum absolute atomic E-state index is 0.00575. The molecule has 2 aromatic rings. The van der Waals surface area contributed by atoms with E-state index in [0.29, 0.717) is 11.3 Å². The van der Waals surface area contributed by atoms with Crippen LogP contribution in [0, 0.1) is 12.3 Å². The zero-order valence-electron chi connectivity index (χ0n) is 15.3. The van der Waals surface area contributed by atoms with E-state index in [9.17, 15) is 14.4 Å². The van der Waals surface area contributed by atoms with E-state index < -0.39 is 22.9 Å². The molecule has 1 aromatic heterocycles. The van der Waals surface area contributed by atoms with E-state index in [-0.39, 0.29) is 17.1 Å². The number of carbonyl (C=O) groups excluding carboxylic acids is 2. The van der Waals surface area contributed by atoms with Crippen molar-refractivity contribution in [3.05, 3.63) is 45.9 Å². The predicted octanol–water partition coefficient (Wildman–Crippen LogP) is 1.59. The highest BCUT2D eigenvalue weighted by Gasteiger charge is 2.28. The monoisotopic (exact) mass is 359 g/mol. The number of hydrogen-bond donors (Lipinski definition) is 1. The van der Waals surface area contributed by atoms with E-state index in [1.165, 1.54) is 14.0 Å². The molecule has 0 aliphatic heterocycles. The van der Waals surface area contributed by atoms with Crippen LogP contribution in [0.3, 0.4) is 0 Å². The van der Waals surface area contributed by atoms with Crippen molar-refractivity contribution in [1.29, 1.82) is 0 Å². The van der Waals surface area contributed by atoms with Crippen molar-refractivity contribution < 1.29 is 19.2 Å². The molecule has 8 heteroatoms. The topological polar surface area (TPSA) is 114 Å². The average Bonchev–Trinajstić information content (AvgIpc) is 2.57. The maximum atomic E-state index is 12.8. The van der Waals surface area contributed by atoms with Gasteiger partial charge in [-0.2, -0.15) is 0 Å². The van der Waals surface area contributed by atoms with Gasteiger partial charge in [0.05, 0.1) is 18.1 Å². The zero-order valence-corrected chi connectivity index (χ0v) is 15.3. The van der Waals surface area contributed by atoms with Crippen LogP contribution in [0.4, 0.5) is 5.69 Å².